The van der Waals surface area contributed by atoms with Crippen molar-refractivity contribution in [3.8, 4) is 28.5 Å². The van der Waals surface area contributed by atoms with E-state index in [-0.39, 0.29) is 24.1 Å². The van der Waals surface area contributed by atoms with E-state index in [2.05, 4.69) is 10.1 Å². The van der Waals surface area contributed by atoms with Gasteiger partial charge in [0.1, 0.15) is 23.9 Å². The number of hydrogen-bond acceptors (Lipinski definition) is 4. The van der Waals surface area contributed by atoms with Crippen LogP contribution in [0.5, 0.6) is 5.75 Å². The van der Waals surface area contributed by atoms with Gasteiger partial charge in [0, 0.05) is 24.2 Å². The zero-order valence-electron chi connectivity index (χ0n) is 17.8. The summed E-state index contributed by atoms with van der Waals surface area (Å²) >= 11 is 0. The van der Waals surface area contributed by atoms with Crippen LogP contribution in [0.25, 0.3) is 22.8 Å². The van der Waals surface area contributed by atoms with E-state index >= 15 is 0 Å². The van der Waals surface area contributed by atoms with Gasteiger partial charge in [0.05, 0.1) is 7.11 Å². The molecule has 33 heavy (non-hydrogen) atoms. The average molecular weight is 446 g/mol. The van der Waals surface area contributed by atoms with Gasteiger partial charge >= 0.3 is 0 Å². The summed E-state index contributed by atoms with van der Waals surface area (Å²) in [6.07, 6.45) is 0. The maximum absolute atomic E-state index is 13.5. The van der Waals surface area contributed by atoms with Crippen LogP contribution in [0.1, 0.15) is 11.1 Å². The standard InChI is InChI=1S/C25H20F2N4O2/c1-33-22-11-6-18-13-30(14-19(18)12-22)23(32)15-31-25(17-4-9-21(27)10-5-17)28-24(29-31)16-2-7-20(26)8-3-16/h2-12H,13-15H2,1H3. The summed E-state index contributed by atoms with van der Waals surface area (Å²) in [6, 6.07) is 17.4. The molecule has 0 saturated carbocycles. The zero-order chi connectivity index (χ0) is 22.9. The van der Waals surface area contributed by atoms with Crippen LogP contribution in [-0.4, -0.2) is 32.7 Å². The van der Waals surface area contributed by atoms with Crippen molar-refractivity contribution in [1.82, 2.24) is 19.7 Å². The Bertz CT molecular complexity index is 1320. The number of benzene rings is 3. The maximum Gasteiger partial charge on any atom is 0.244 e. The molecule has 1 aromatic heterocycles. The number of carbonyl (C=O) groups excluding carboxylic acids is 1. The van der Waals surface area contributed by atoms with Gasteiger partial charge in [0.2, 0.25) is 5.91 Å². The van der Waals surface area contributed by atoms with E-state index in [0.29, 0.717) is 35.9 Å². The van der Waals surface area contributed by atoms with Gasteiger partial charge in [-0.3, -0.25) is 4.79 Å². The monoisotopic (exact) mass is 446 g/mol. The molecule has 5 rings (SSSR count). The third-order valence-corrected chi connectivity index (χ3v) is 5.65. The quantitative estimate of drug-likeness (QED) is 0.455. The Labute approximate surface area is 189 Å². The molecule has 0 saturated heterocycles. The van der Waals surface area contributed by atoms with E-state index in [1.807, 2.05) is 18.2 Å². The molecule has 0 radical (unpaired) electrons. The van der Waals surface area contributed by atoms with Crippen molar-refractivity contribution in [2.24, 2.45) is 0 Å². The summed E-state index contributed by atoms with van der Waals surface area (Å²) in [5, 5.41) is 4.52. The highest BCUT2D eigenvalue weighted by atomic mass is 19.1. The van der Waals surface area contributed by atoms with Crippen molar-refractivity contribution in [3.05, 3.63) is 89.5 Å². The van der Waals surface area contributed by atoms with Crippen molar-refractivity contribution in [1.29, 1.82) is 0 Å². The molecule has 0 N–H and O–H groups in total. The van der Waals surface area contributed by atoms with E-state index < -0.39 is 0 Å². The molecule has 1 aliphatic rings. The van der Waals surface area contributed by atoms with Gasteiger partial charge in [-0.25, -0.2) is 18.4 Å². The number of aromatic nitrogens is 3. The fraction of sp³-hybridized carbons (Fsp3) is 0.160. The minimum absolute atomic E-state index is 0.0357. The van der Waals surface area contributed by atoms with Crippen LogP contribution in [-0.2, 0) is 24.4 Å². The fourth-order valence-corrected chi connectivity index (χ4v) is 3.89. The third-order valence-electron chi connectivity index (χ3n) is 5.65. The van der Waals surface area contributed by atoms with Crippen LogP contribution in [0, 0.1) is 11.6 Å². The van der Waals surface area contributed by atoms with Crippen LogP contribution < -0.4 is 4.74 Å². The van der Waals surface area contributed by atoms with E-state index in [1.54, 1.807) is 36.3 Å². The van der Waals surface area contributed by atoms with E-state index in [4.69, 9.17) is 4.74 Å². The van der Waals surface area contributed by atoms with Crippen LogP contribution in [0.15, 0.2) is 66.7 Å². The highest BCUT2D eigenvalue weighted by Gasteiger charge is 2.25. The van der Waals surface area contributed by atoms with Gasteiger partial charge in [0.15, 0.2) is 11.6 Å². The number of halogens is 2. The summed E-state index contributed by atoms with van der Waals surface area (Å²) in [7, 11) is 1.61. The first-order chi connectivity index (χ1) is 16.0. The van der Waals surface area contributed by atoms with Crippen LogP contribution in [0.3, 0.4) is 0 Å². The highest BCUT2D eigenvalue weighted by Crippen LogP contribution is 2.28. The Hall–Kier alpha value is -4.07. The smallest absolute Gasteiger partial charge is 0.244 e. The molecule has 1 aliphatic heterocycles. The summed E-state index contributed by atoms with van der Waals surface area (Å²) in [6.45, 7) is 0.951. The second-order valence-electron chi connectivity index (χ2n) is 7.81. The summed E-state index contributed by atoms with van der Waals surface area (Å²) in [4.78, 5) is 19.5. The van der Waals surface area contributed by atoms with E-state index in [1.165, 1.54) is 28.9 Å². The first-order valence-corrected chi connectivity index (χ1v) is 10.4. The van der Waals surface area contributed by atoms with Gasteiger partial charge in [-0.2, -0.15) is 0 Å². The minimum atomic E-state index is -0.370. The zero-order valence-corrected chi connectivity index (χ0v) is 17.8. The Kier molecular flexibility index (Phi) is 5.34. The predicted molar refractivity (Wildman–Crippen MR) is 118 cm³/mol. The van der Waals surface area contributed by atoms with Gasteiger partial charge in [-0.05, 0) is 71.8 Å². The summed E-state index contributed by atoms with van der Waals surface area (Å²) in [5.41, 5.74) is 3.37. The number of nitrogens with zero attached hydrogens (tertiary/aromatic N) is 4. The Morgan fingerprint density at radius 1 is 0.909 bits per heavy atom. The number of rotatable bonds is 5. The number of ether oxygens (including phenoxy) is 1. The van der Waals surface area contributed by atoms with E-state index in [9.17, 15) is 13.6 Å². The molecule has 0 unspecified atom stereocenters. The molecule has 4 aromatic rings. The molecule has 0 atom stereocenters. The van der Waals surface area contributed by atoms with Crippen molar-refractivity contribution >= 4 is 5.91 Å². The largest absolute Gasteiger partial charge is 0.497 e. The van der Waals surface area contributed by atoms with Gasteiger partial charge < -0.3 is 9.64 Å². The number of hydrogen-bond donors (Lipinski definition) is 0. The van der Waals surface area contributed by atoms with Crippen molar-refractivity contribution in [2.75, 3.05) is 7.11 Å². The summed E-state index contributed by atoms with van der Waals surface area (Å²) in [5.74, 6) is 0.686. The van der Waals surface area contributed by atoms with Crippen LogP contribution in [0.2, 0.25) is 0 Å². The Morgan fingerprint density at radius 2 is 1.55 bits per heavy atom. The van der Waals surface area contributed by atoms with Crippen molar-refractivity contribution in [2.45, 2.75) is 19.6 Å². The number of fused-ring (bicyclic) bond motifs is 1. The third kappa shape index (κ3) is 4.19. The lowest BCUT2D eigenvalue weighted by atomic mass is 10.1. The highest BCUT2D eigenvalue weighted by molar-refractivity contribution is 5.77. The normalized spacial score (nSPS) is 12.6. The molecule has 0 fully saturated rings. The van der Waals surface area contributed by atoms with Gasteiger partial charge in [-0.15, -0.1) is 5.10 Å². The molecule has 0 aliphatic carbocycles. The topological polar surface area (TPSA) is 60.2 Å². The SMILES string of the molecule is COc1ccc2c(c1)CN(C(=O)Cn1nc(-c3ccc(F)cc3)nc1-c1ccc(F)cc1)C2. The molecule has 0 bridgehead atoms. The maximum atomic E-state index is 13.5. The molecule has 166 valence electrons. The number of methoxy groups -OCH3 is 1. The van der Waals surface area contributed by atoms with E-state index in [0.717, 1.165) is 16.9 Å². The lowest BCUT2D eigenvalue weighted by molar-refractivity contribution is -0.132. The Balaban J connectivity index is 1.44. The lowest BCUT2D eigenvalue weighted by Crippen LogP contribution is -2.29. The molecule has 2 heterocycles. The predicted octanol–water partition coefficient (Wildman–Crippen LogP) is 4.44. The fourth-order valence-electron chi connectivity index (χ4n) is 3.89. The van der Waals surface area contributed by atoms with Crippen LogP contribution in [0.4, 0.5) is 8.78 Å². The minimum Gasteiger partial charge on any atom is -0.497 e. The first kappa shape index (κ1) is 20.8. The molecule has 1 amide bonds. The molecule has 3 aromatic carbocycles. The molecular formula is C25H20F2N4O2. The van der Waals surface area contributed by atoms with Crippen molar-refractivity contribution in [3.63, 3.8) is 0 Å². The number of carbonyl (C=O) groups is 1. The Morgan fingerprint density at radius 3 is 2.21 bits per heavy atom. The molecular weight excluding hydrogens is 426 g/mol. The average Bonchev–Trinajstić information content (AvgIpc) is 3.44. The molecule has 6 nitrogen and oxygen atoms in total. The first-order valence-electron chi connectivity index (χ1n) is 10.4. The van der Waals surface area contributed by atoms with Gasteiger partial charge in [0.25, 0.3) is 0 Å². The second kappa shape index (κ2) is 8.46. The molecule has 8 heteroatoms. The lowest BCUT2D eigenvalue weighted by Gasteiger charge is -2.16. The molecule has 0 spiro atoms. The number of amides is 1. The van der Waals surface area contributed by atoms with Crippen LogP contribution >= 0.6 is 0 Å². The summed E-state index contributed by atoms with van der Waals surface area (Å²) < 4.78 is 33.6. The van der Waals surface area contributed by atoms with Gasteiger partial charge in [-0.1, -0.05) is 6.07 Å². The van der Waals surface area contributed by atoms with Crippen molar-refractivity contribution < 1.29 is 18.3 Å². The second-order valence-corrected chi connectivity index (χ2v) is 7.81.